The van der Waals surface area contributed by atoms with E-state index in [1.165, 1.54) is 0 Å². The maximum absolute atomic E-state index is 10.2. The van der Waals surface area contributed by atoms with Gasteiger partial charge in [-0.3, -0.25) is 0 Å². The second-order valence-electron chi connectivity index (χ2n) is 0.657. The minimum absolute atomic E-state index is 0.345. The molecular weight excluding hydrogens is 164 g/mol. The standard InChI is InChI=1S/C2N2O3S2/c5-1-3-8-9(7)4-2-6. The first-order valence-electron chi connectivity index (χ1n) is 1.55. The van der Waals surface area contributed by atoms with Crippen LogP contribution in [0, 0.1) is 0 Å². The average Bonchev–Trinajstić information content (AvgIpc) is 1.85. The van der Waals surface area contributed by atoms with E-state index >= 15 is 0 Å². The average molecular weight is 164 g/mol. The minimum Gasteiger partial charge on any atom is -0.220 e. The predicted octanol–water partition coefficient (Wildman–Crippen LogP) is -0.115. The van der Waals surface area contributed by atoms with Crippen LogP contribution in [-0.2, 0) is 19.6 Å². The van der Waals surface area contributed by atoms with Gasteiger partial charge in [0.25, 0.3) is 6.08 Å². The van der Waals surface area contributed by atoms with Gasteiger partial charge in [-0.2, -0.15) is 0 Å². The van der Waals surface area contributed by atoms with E-state index in [-0.39, 0.29) is 0 Å². The summed E-state index contributed by atoms with van der Waals surface area (Å²) >= 11 is 0. The van der Waals surface area contributed by atoms with E-state index in [2.05, 4.69) is 8.80 Å². The van der Waals surface area contributed by atoms with Gasteiger partial charge in [0.15, 0.2) is 0 Å². The molecule has 0 aliphatic rings. The van der Waals surface area contributed by atoms with Crippen molar-refractivity contribution in [3.8, 4) is 0 Å². The lowest BCUT2D eigenvalue weighted by Gasteiger charge is -1.74. The Kier molecular flexibility index (Phi) is 4.95. The quantitative estimate of drug-likeness (QED) is 0.252. The van der Waals surface area contributed by atoms with Gasteiger partial charge in [0.1, 0.15) is 11.0 Å². The first-order valence-corrected chi connectivity index (χ1v) is 3.95. The topological polar surface area (TPSA) is 75.9 Å². The molecule has 1 unspecified atom stereocenters. The number of carbonyl (C=O) groups excluding carboxylic acids is 2. The van der Waals surface area contributed by atoms with Crippen molar-refractivity contribution in [2.24, 2.45) is 8.80 Å². The van der Waals surface area contributed by atoms with Gasteiger partial charge >= 0.3 is 0 Å². The number of rotatable bonds is 3. The monoisotopic (exact) mass is 164 g/mol. The fourth-order valence-electron chi connectivity index (χ4n) is 0.0942. The van der Waals surface area contributed by atoms with Crippen LogP contribution in [0.5, 0.6) is 0 Å². The van der Waals surface area contributed by atoms with Crippen LogP contribution in [0.25, 0.3) is 0 Å². The van der Waals surface area contributed by atoms with Crippen LogP contribution in [0.3, 0.4) is 0 Å². The fourth-order valence-corrected chi connectivity index (χ4v) is 0.756. The van der Waals surface area contributed by atoms with Crippen LogP contribution < -0.4 is 0 Å². The van der Waals surface area contributed by atoms with E-state index in [0.29, 0.717) is 11.0 Å². The second kappa shape index (κ2) is 5.40. The molecule has 0 aromatic heterocycles. The lowest BCUT2D eigenvalue weighted by molar-refractivity contribution is 0.565. The van der Waals surface area contributed by atoms with E-state index in [0.717, 1.165) is 12.2 Å². The molecule has 0 bridgehead atoms. The van der Waals surface area contributed by atoms with Crippen molar-refractivity contribution in [2.75, 3.05) is 0 Å². The third-order valence-electron chi connectivity index (χ3n) is 0.250. The normalized spacial score (nSPS) is 10.7. The molecule has 7 heteroatoms. The zero-order valence-corrected chi connectivity index (χ0v) is 5.57. The van der Waals surface area contributed by atoms with Crippen LogP contribution in [0.15, 0.2) is 8.80 Å². The molecule has 0 rings (SSSR count). The SMILES string of the molecule is O=C=NSS(=O)N=C=O. The zero-order chi connectivity index (χ0) is 7.11. The Bertz CT molecular complexity index is 202. The van der Waals surface area contributed by atoms with Crippen LogP contribution in [0.4, 0.5) is 0 Å². The molecule has 0 aliphatic heterocycles. The molecule has 0 aromatic carbocycles. The molecule has 1 atom stereocenters. The summed E-state index contributed by atoms with van der Waals surface area (Å²) in [7, 11) is -1.49. The first kappa shape index (κ1) is 8.26. The van der Waals surface area contributed by atoms with E-state index in [1.807, 2.05) is 0 Å². The molecule has 0 saturated heterocycles. The van der Waals surface area contributed by atoms with Gasteiger partial charge in [-0.05, 0) is 0 Å². The van der Waals surface area contributed by atoms with Gasteiger partial charge in [0.2, 0.25) is 16.1 Å². The highest BCUT2D eigenvalue weighted by Gasteiger charge is 1.91. The number of hydrogen-bond donors (Lipinski definition) is 0. The van der Waals surface area contributed by atoms with Crippen molar-refractivity contribution in [3.05, 3.63) is 0 Å². The Morgan fingerprint density at radius 2 is 2.00 bits per heavy atom. The van der Waals surface area contributed by atoms with E-state index in [4.69, 9.17) is 0 Å². The molecule has 0 heterocycles. The van der Waals surface area contributed by atoms with Crippen molar-refractivity contribution in [2.45, 2.75) is 0 Å². The van der Waals surface area contributed by atoms with Crippen molar-refractivity contribution in [3.63, 3.8) is 0 Å². The summed E-state index contributed by atoms with van der Waals surface area (Å²) in [6.45, 7) is 0. The molecule has 0 aromatic rings. The molecule has 0 saturated carbocycles. The molecular formula is C2N2O3S2. The Morgan fingerprint density at radius 1 is 1.33 bits per heavy atom. The molecule has 0 fully saturated rings. The molecule has 5 nitrogen and oxygen atoms in total. The van der Waals surface area contributed by atoms with Gasteiger partial charge in [-0.25, -0.2) is 13.8 Å². The van der Waals surface area contributed by atoms with Gasteiger partial charge in [-0.1, -0.05) is 4.40 Å². The van der Waals surface area contributed by atoms with Gasteiger partial charge in [0.05, 0.1) is 0 Å². The molecule has 0 radical (unpaired) electrons. The summed E-state index contributed by atoms with van der Waals surface area (Å²) in [4.78, 5) is 18.7. The van der Waals surface area contributed by atoms with Crippen molar-refractivity contribution >= 4 is 33.2 Å². The smallest absolute Gasteiger partial charge is 0.220 e. The Labute approximate surface area is 56.4 Å². The highest BCUT2D eigenvalue weighted by molar-refractivity contribution is 8.68. The minimum atomic E-state index is -1.83. The third-order valence-corrected chi connectivity index (χ3v) is 1.58. The number of hydrogen-bond acceptors (Lipinski definition) is 5. The zero-order valence-electron chi connectivity index (χ0n) is 3.94. The Balaban J connectivity index is 3.77. The Morgan fingerprint density at radius 3 is 2.44 bits per heavy atom. The molecule has 0 spiro atoms. The number of nitrogens with zero attached hydrogens (tertiary/aromatic N) is 2. The summed E-state index contributed by atoms with van der Waals surface area (Å²) < 4.78 is 15.7. The molecule has 0 N–H and O–H groups in total. The summed E-state index contributed by atoms with van der Waals surface area (Å²) in [5.74, 6) is 0. The lowest BCUT2D eigenvalue weighted by Crippen LogP contribution is -1.69. The van der Waals surface area contributed by atoms with Gasteiger partial charge < -0.3 is 0 Å². The third kappa shape index (κ3) is 5.13. The first-order chi connectivity index (χ1) is 4.31. The van der Waals surface area contributed by atoms with Crippen LogP contribution in [0.1, 0.15) is 0 Å². The predicted molar refractivity (Wildman–Crippen MR) is 32.0 cm³/mol. The summed E-state index contributed by atoms with van der Waals surface area (Å²) in [5.41, 5.74) is 0. The van der Waals surface area contributed by atoms with Crippen LogP contribution in [0.2, 0.25) is 0 Å². The van der Waals surface area contributed by atoms with Crippen molar-refractivity contribution in [1.82, 2.24) is 0 Å². The molecule has 0 aliphatic carbocycles. The van der Waals surface area contributed by atoms with Crippen molar-refractivity contribution < 1.29 is 13.8 Å². The number of isocyanates is 2. The highest BCUT2D eigenvalue weighted by atomic mass is 33.1. The fraction of sp³-hybridized carbons (Fsp3) is 0. The molecule has 0 amide bonds. The van der Waals surface area contributed by atoms with Gasteiger partial charge in [-0.15, -0.1) is 4.40 Å². The second-order valence-corrected chi connectivity index (χ2v) is 2.91. The largest absolute Gasteiger partial charge is 0.250 e. The highest BCUT2D eigenvalue weighted by Crippen LogP contribution is 2.06. The van der Waals surface area contributed by atoms with Crippen LogP contribution in [-0.4, -0.2) is 16.4 Å². The maximum Gasteiger partial charge on any atom is 0.250 e. The summed E-state index contributed by atoms with van der Waals surface area (Å²) in [6.07, 6.45) is 2.15. The summed E-state index contributed by atoms with van der Waals surface area (Å²) in [6, 6.07) is 0. The van der Waals surface area contributed by atoms with E-state index in [9.17, 15) is 13.8 Å². The summed E-state index contributed by atoms with van der Waals surface area (Å²) in [5, 5.41) is 0. The van der Waals surface area contributed by atoms with E-state index < -0.39 is 10.0 Å². The van der Waals surface area contributed by atoms with Gasteiger partial charge in [0, 0.05) is 0 Å². The molecule has 9 heavy (non-hydrogen) atoms. The Hall–Kier alpha value is -0.740. The van der Waals surface area contributed by atoms with Crippen LogP contribution >= 0.6 is 11.0 Å². The lowest BCUT2D eigenvalue weighted by atomic mass is 11.7. The maximum atomic E-state index is 10.2. The molecule has 48 valence electrons. The van der Waals surface area contributed by atoms with Crippen molar-refractivity contribution in [1.29, 1.82) is 0 Å². The van der Waals surface area contributed by atoms with E-state index in [1.54, 1.807) is 0 Å².